The van der Waals surface area contributed by atoms with Gasteiger partial charge in [0.25, 0.3) is 0 Å². The van der Waals surface area contributed by atoms with Crippen molar-refractivity contribution in [1.29, 1.82) is 0 Å². The molecule has 1 aliphatic carbocycles. The van der Waals surface area contributed by atoms with Crippen molar-refractivity contribution in [3.63, 3.8) is 0 Å². The van der Waals surface area contributed by atoms with Crippen LogP contribution in [0.15, 0.2) is 0 Å². The first-order valence-electron chi connectivity index (χ1n) is 4.98. The molecule has 2 N–H and O–H groups in total. The summed E-state index contributed by atoms with van der Waals surface area (Å²) in [5.74, 6) is 0.599. The second-order valence-corrected chi connectivity index (χ2v) is 5.15. The highest BCUT2D eigenvalue weighted by molar-refractivity contribution is 4.97. The van der Waals surface area contributed by atoms with Gasteiger partial charge in [0.1, 0.15) is 0 Å². The van der Waals surface area contributed by atoms with Gasteiger partial charge in [-0.3, -0.25) is 0 Å². The van der Waals surface area contributed by atoms with Crippen LogP contribution in [0.25, 0.3) is 0 Å². The van der Waals surface area contributed by atoms with Crippen molar-refractivity contribution in [2.45, 2.75) is 39.1 Å². The van der Waals surface area contributed by atoms with Crippen LogP contribution in [-0.4, -0.2) is 29.2 Å². The van der Waals surface area contributed by atoms with Gasteiger partial charge in [0, 0.05) is 5.92 Å². The van der Waals surface area contributed by atoms with Crippen molar-refractivity contribution in [3.05, 3.63) is 0 Å². The summed E-state index contributed by atoms with van der Waals surface area (Å²) >= 11 is 0. The SMILES string of the molecule is CC1(C)C[C@@H]2C(CO)OC(O)[C@@H]2C1. The lowest BCUT2D eigenvalue weighted by Crippen LogP contribution is -2.22. The Labute approximate surface area is 78.7 Å². The molecule has 0 aromatic rings. The molecule has 1 aliphatic heterocycles. The van der Waals surface area contributed by atoms with Crippen molar-refractivity contribution in [3.8, 4) is 0 Å². The van der Waals surface area contributed by atoms with E-state index >= 15 is 0 Å². The van der Waals surface area contributed by atoms with Crippen LogP contribution in [0.1, 0.15) is 26.7 Å². The first-order chi connectivity index (χ1) is 6.03. The molecule has 2 unspecified atom stereocenters. The second-order valence-electron chi connectivity index (χ2n) is 5.15. The van der Waals surface area contributed by atoms with Crippen molar-refractivity contribution in [1.82, 2.24) is 0 Å². The van der Waals surface area contributed by atoms with E-state index in [1.165, 1.54) is 0 Å². The van der Waals surface area contributed by atoms with Crippen molar-refractivity contribution in [2.75, 3.05) is 6.61 Å². The topological polar surface area (TPSA) is 49.7 Å². The summed E-state index contributed by atoms with van der Waals surface area (Å²) in [6.07, 6.45) is 1.28. The molecule has 0 aromatic heterocycles. The van der Waals surface area contributed by atoms with Gasteiger partial charge in [-0.05, 0) is 24.2 Å². The molecule has 1 heterocycles. The predicted molar refractivity (Wildman–Crippen MR) is 48.0 cm³/mol. The van der Waals surface area contributed by atoms with E-state index < -0.39 is 6.29 Å². The molecule has 1 saturated carbocycles. The molecule has 76 valence electrons. The zero-order chi connectivity index (χ0) is 9.64. The van der Waals surface area contributed by atoms with E-state index in [1.54, 1.807) is 0 Å². The molecule has 0 radical (unpaired) electrons. The van der Waals surface area contributed by atoms with Crippen LogP contribution < -0.4 is 0 Å². The van der Waals surface area contributed by atoms with Crippen LogP contribution in [0.3, 0.4) is 0 Å². The summed E-state index contributed by atoms with van der Waals surface area (Å²) in [6, 6.07) is 0. The van der Waals surface area contributed by atoms with E-state index in [0.29, 0.717) is 11.3 Å². The second kappa shape index (κ2) is 2.94. The van der Waals surface area contributed by atoms with Gasteiger partial charge < -0.3 is 14.9 Å². The minimum Gasteiger partial charge on any atom is -0.394 e. The van der Waals surface area contributed by atoms with Crippen LogP contribution in [0.5, 0.6) is 0 Å². The molecule has 2 rings (SSSR count). The zero-order valence-electron chi connectivity index (χ0n) is 8.23. The predicted octanol–water partition coefficient (Wildman–Crippen LogP) is 0.748. The van der Waals surface area contributed by atoms with Gasteiger partial charge in [0.15, 0.2) is 6.29 Å². The lowest BCUT2D eigenvalue weighted by molar-refractivity contribution is -0.123. The van der Waals surface area contributed by atoms with Gasteiger partial charge in [-0.15, -0.1) is 0 Å². The third-order valence-electron chi connectivity index (χ3n) is 3.46. The van der Waals surface area contributed by atoms with Gasteiger partial charge in [0.05, 0.1) is 12.7 Å². The minimum atomic E-state index is -0.649. The molecule has 4 atom stereocenters. The van der Waals surface area contributed by atoms with Crippen molar-refractivity contribution < 1.29 is 14.9 Å². The van der Waals surface area contributed by atoms with Crippen LogP contribution in [0, 0.1) is 17.3 Å². The third-order valence-corrected chi connectivity index (χ3v) is 3.46. The molecule has 2 fully saturated rings. The lowest BCUT2D eigenvalue weighted by atomic mass is 9.89. The van der Waals surface area contributed by atoms with Gasteiger partial charge in [-0.2, -0.15) is 0 Å². The van der Waals surface area contributed by atoms with Crippen molar-refractivity contribution in [2.24, 2.45) is 17.3 Å². The Hall–Kier alpha value is -0.120. The maximum atomic E-state index is 9.60. The Morgan fingerprint density at radius 2 is 1.92 bits per heavy atom. The van der Waals surface area contributed by atoms with Crippen LogP contribution in [0.4, 0.5) is 0 Å². The summed E-state index contributed by atoms with van der Waals surface area (Å²) in [6.45, 7) is 4.47. The number of hydrogen-bond acceptors (Lipinski definition) is 3. The Morgan fingerprint density at radius 3 is 2.54 bits per heavy atom. The number of aliphatic hydroxyl groups is 2. The normalized spacial score (nSPS) is 48.0. The fourth-order valence-electron chi connectivity index (χ4n) is 2.94. The Balaban J connectivity index is 2.12. The summed E-state index contributed by atoms with van der Waals surface area (Å²) in [5, 5.41) is 18.7. The highest BCUT2D eigenvalue weighted by Crippen LogP contribution is 2.52. The maximum Gasteiger partial charge on any atom is 0.158 e. The van der Waals surface area contributed by atoms with Crippen LogP contribution in [0.2, 0.25) is 0 Å². The van der Waals surface area contributed by atoms with Gasteiger partial charge >= 0.3 is 0 Å². The average Bonchev–Trinajstić information content (AvgIpc) is 2.47. The Morgan fingerprint density at radius 1 is 1.31 bits per heavy atom. The average molecular weight is 186 g/mol. The number of ether oxygens (including phenoxy) is 1. The third kappa shape index (κ3) is 1.49. The van der Waals surface area contributed by atoms with E-state index in [9.17, 15) is 5.11 Å². The molecule has 13 heavy (non-hydrogen) atoms. The molecule has 0 amide bonds. The molecular formula is C10H18O3. The maximum absolute atomic E-state index is 9.60. The Bertz CT molecular complexity index is 202. The summed E-state index contributed by atoms with van der Waals surface area (Å²) < 4.78 is 5.28. The van der Waals surface area contributed by atoms with Gasteiger partial charge in [-0.1, -0.05) is 13.8 Å². The monoisotopic (exact) mass is 186 g/mol. The van der Waals surface area contributed by atoms with Crippen LogP contribution >= 0.6 is 0 Å². The van der Waals surface area contributed by atoms with E-state index in [0.717, 1.165) is 12.8 Å². The molecule has 0 bridgehead atoms. The molecule has 3 nitrogen and oxygen atoms in total. The van der Waals surface area contributed by atoms with Crippen molar-refractivity contribution >= 4 is 0 Å². The summed E-state index contributed by atoms with van der Waals surface area (Å²) in [4.78, 5) is 0. The molecule has 0 spiro atoms. The largest absolute Gasteiger partial charge is 0.394 e. The number of aliphatic hydroxyl groups excluding tert-OH is 2. The van der Waals surface area contributed by atoms with Crippen LogP contribution in [-0.2, 0) is 4.74 Å². The first kappa shape index (κ1) is 9.44. The van der Waals surface area contributed by atoms with Gasteiger partial charge in [0.2, 0.25) is 0 Å². The molecule has 3 heteroatoms. The quantitative estimate of drug-likeness (QED) is 0.635. The van der Waals surface area contributed by atoms with E-state index in [2.05, 4.69) is 13.8 Å². The highest BCUT2D eigenvalue weighted by Gasteiger charge is 2.51. The van der Waals surface area contributed by atoms with E-state index in [4.69, 9.17) is 9.84 Å². The standard InChI is InChI=1S/C10H18O3/c1-10(2)3-6-7(4-10)9(12)13-8(6)5-11/h6-9,11-12H,3-5H2,1-2H3/t6-,7+,8?,9?/m0/s1. The molecular weight excluding hydrogens is 168 g/mol. The fourth-order valence-corrected chi connectivity index (χ4v) is 2.94. The van der Waals surface area contributed by atoms with Gasteiger partial charge in [-0.25, -0.2) is 0 Å². The minimum absolute atomic E-state index is 0.0360. The smallest absolute Gasteiger partial charge is 0.158 e. The fraction of sp³-hybridized carbons (Fsp3) is 1.00. The zero-order valence-corrected chi connectivity index (χ0v) is 8.23. The lowest BCUT2D eigenvalue weighted by Gasteiger charge is -2.21. The molecule has 0 aromatic carbocycles. The molecule has 1 saturated heterocycles. The Kier molecular flexibility index (Phi) is 2.13. The summed E-state index contributed by atoms with van der Waals surface area (Å²) in [7, 11) is 0. The number of rotatable bonds is 1. The number of hydrogen-bond donors (Lipinski definition) is 2. The molecule has 2 aliphatic rings. The first-order valence-corrected chi connectivity index (χ1v) is 4.98. The van der Waals surface area contributed by atoms with E-state index in [1.807, 2.05) is 0 Å². The summed E-state index contributed by atoms with van der Waals surface area (Å²) in [5.41, 5.74) is 0.299. The number of fused-ring (bicyclic) bond motifs is 1. The van der Waals surface area contributed by atoms with E-state index in [-0.39, 0.29) is 18.6 Å². The highest BCUT2D eigenvalue weighted by atomic mass is 16.6.